The molecule has 1 aromatic heterocycles. The first-order chi connectivity index (χ1) is 16.3. The van der Waals surface area contributed by atoms with Crippen LogP contribution < -0.4 is 10.2 Å². The predicted molar refractivity (Wildman–Crippen MR) is 134 cm³/mol. The lowest BCUT2D eigenvalue weighted by Crippen LogP contribution is -2.42. The van der Waals surface area contributed by atoms with E-state index in [-0.39, 0.29) is 29.2 Å². The Morgan fingerprint density at radius 1 is 1.18 bits per heavy atom. The lowest BCUT2D eigenvalue weighted by molar-refractivity contribution is -0.127. The first-order valence-corrected chi connectivity index (χ1v) is 14.7. The molecule has 0 bridgehead atoms. The minimum atomic E-state index is -2.91. The summed E-state index contributed by atoms with van der Waals surface area (Å²) in [6.45, 7) is 3.05. The molecule has 9 heteroatoms. The van der Waals surface area contributed by atoms with Gasteiger partial charge in [0.15, 0.2) is 9.84 Å². The summed E-state index contributed by atoms with van der Waals surface area (Å²) >= 11 is 1.68. The van der Waals surface area contributed by atoms with Crippen LogP contribution in [-0.2, 0) is 14.6 Å². The molecule has 2 saturated carbocycles. The molecule has 2 aliphatic carbocycles. The number of aromatic nitrogens is 1. The lowest BCUT2D eigenvalue weighted by atomic mass is 9.77. The quantitative estimate of drug-likeness (QED) is 0.673. The van der Waals surface area contributed by atoms with Gasteiger partial charge in [0.1, 0.15) is 5.54 Å². The van der Waals surface area contributed by atoms with Gasteiger partial charge >= 0.3 is 0 Å². The highest BCUT2D eigenvalue weighted by Gasteiger charge is 2.47. The van der Waals surface area contributed by atoms with Gasteiger partial charge in [-0.2, -0.15) is 5.26 Å². The monoisotopic (exact) mass is 498 g/mol. The molecule has 1 saturated heterocycles. The standard InChI is InChI=1S/C25H30N4O3S2/c1-17-27-22(18-6-8-19(9-7-18)29-12-14-34(31,32)15-13-29)23(33-17)20-4-2-3-5-21(20)24(30)28-25(16-26)10-11-25/h6-9,20-21H,2-5,10-15H2,1H3,(H,28,30). The Kier molecular flexibility index (Phi) is 6.15. The Bertz CT molecular complexity index is 1210. The maximum atomic E-state index is 13.2. The van der Waals surface area contributed by atoms with Gasteiger partial charge in [-0.15, -0.1) is 11.3 Å². The molecule has 7 nitrogen and oxygen atoms in total. The summed E-state index contributed by atoms with van der Waals surface area (Å²) in [7, 11) is -2.91. The van der Waals surface area contributed by atoms with Gasteiger partial charge in [-0.05, 0) is 44.7 Å². The molecule has 1 aromatic carbocycles. The zero-order chi connectivity index (χ0) is 23.9. The third-order valence-electron chi connectivity index (χ3n) is 7.38. The summed E-state index contributed by atoms with van der Waals surface area (Å²) in [4.78, 5) is 21.3. The van der Waals surface area contributed by atoms with E-state index in [0.717, 1.165) is 65.4 Å². The Balaban J connectivity index is 1.38. The Labute approximate surface area is 205 Å². The van der Waals surface area contributed by atoms with E-state index in [1.54, 1.807) is 11.3 Å². The molecule has 34 heavy (non-hydrogen) atoms. The summed E-state index contributed by atoms with van der Waals surface area (Å²) in [5.41, 5.74) is 2.35. The molecule has 5 rings (SSSR count). The van der Waals surface area contributed by atoms with Gasteiger partial charge in [-0.25, -0.2) is 13.4 Å². The van der Waals surface area contributed by atoms with Crippen LogP contribution >= 0.6 is 11.3 Å². The van der Waals surface area contributed by atoms with Gasteiger partial charge < -0.3 is 10.2 Å². The predicted octanol–water partition coefficient (Wildman–Crippen LogP) is 3.80. The van der Waals surface area contributed by atoms with Crippen LogP contribution in [-0.4, -0.2) is 49.4 Å². The van der Waals surface area contributed by atoms with E-state index in [0.29, 0.717) is 13.1 Å². The largest absolute Gasteiger partial charge is 0.369 e. The van der Waals surface area contributed by atoms with E-state index in [4.69, 9.17) is 4.98 Å². The summed E-state index contributed by atoms with van der Waals surface area (Å²) < 4.78 is 23.5. The molecule has 0 radical (unpaired) electrons. The van der Waals surface area contributed by atoms with Crippen LogP contribution in [0.4, 0.5) is 5.69 Å². The third-order valence-corrected chi connectivity index (χ3v) is 10.1. The fraction of sp³-hybridized carbons (Fsp3) is 0.560. The molecular formula is C25H30N4O3S2. The number of amides is 1. The van der Waals surface area contributed by atoms with Crippen molar-refractivity contribution < 1.29 is 13.2 Å². The number of thiazole rings is 1. The van der Waals surface area contributed by atoms with E-state index >= 15 is 0 Å². The van der Waals surface area contributed by atoms with E-state index < -0.39 is 15.4 Å². The second-order valence-corrected chi connectivity index (χ2v) is 13.4. The van der Waals surface area contributed by atoms with Crippen LogP contribution in [0.3, 0.4) is 0 Å². The fourth-order valence-corrected chi connectivity index (χ4v) is 7.53. The van der Waals surface area contributed by atoms with Gasteiger partial charge in [0.25, 0.3) is 0 Å². The van der Waals surface area contributed by atoms with Gasteiger partial charge in [0.2, 0.25) is 5.91 Å². The Morgan fingerprint density at radius 2 is 1.85 bits per heavy atom. The minimum Gasteiger partial charge on any atom is -0.369 e. The third kappa shape index (κ3) is 4.71. The number of carbonyl (C=O) groups excluding carboxylic acids is 1. The summed E-state index contributed by atoms with van der Waals surface area (Å²) in [6, 6.07) is 10.5. The minimum absolute atomic E-state index is 0.0103. The van der Waals surface area contributed by atoms with Gasteiger partial charge in [-0.3, -0.25) is 4.79 Å². The number of nitrogens with zero attached hydrogens (tertiary/aromatic N) is 3. The highest BCUT2D eigenvalue weighted by Crippen LogP contribution is 2.45. The molecule has 2 heterocycles. The highest BCUT2D eigenvalue weighted by molar-refractivity contribution is 7.91. The maximum absolute atomic E-state index is 13.2. The van der Waals surface area contributed by atoms with Crippen molar-refractivity contribution in [3.63, 3.8) is 0 Å². The normalized spacial score (nSPS) is 25.4. The molecule has 2 atom stereocenters. The molecule has 180 valence electrons. The van der Waals surface area contributed by atoms with E-state index in [1.165, 1.54) is 0 Å². The van der Waals surface area contributed by atoms with Gasteiger partial charge in [-0.1, -0.05) is 25.0 Å². The maximum Gasteiger partial charge on any atom is 0.224 e. The van der Waals surface area contributed by atoms with Crippen LogP contribution in [0.5, 0.6) is 0 Å². The van der Waals surface area contributed by atoms with Crippen molar-refractivity contribution in [2.75, 3.05) is 29.5 Å². The lowest BCUT2D eigenvalue weighted by Gasteiger charge is -2.31. The van der Waals surface area contributed by atoms with E-state index in [9.17, 15) is 18.5 Å². The first kappa shape index (κ1) is 23.3. The van der Waals surface area contributed by atoms with Gasteiger partial charge in [0.05, 0.1) is 28.3 Å². The van der Waals surface area contributed by atoms with E-state index in [2.05, 4.69) is 28.4 Å². The number of hydrogen-bond acceptors (Lipinski definition) is 7. The second-order valence-electron chi connectivity index (χ2n) is 9.81. The number of benzene rings is 1. The van der Waals surface area contributed by atoms with Crippen molar-refractivity contribution in [1.82, 2.24) is 10.3 Å². The second kappa shape index (κ2) is 8.97. The smallest absolute Gasteiger partial charge is 0.224 e. The summed E-state index contributed by atoms with van der Waals surface area (Å²) in [5.74, 6) is 0.380. The summed E-state index contributed by atoms with van der Waals surface area (Å²) in [6.07, 6.45) is 5.39. The zero-order valence-electron chi connectivity index (χ0n) is 19.4. The summed E-state index contributed by atoms with van der Waals surface area (Å²) in [5, 5.41) is 13.4. The van der Waals surface area contributed by atoms with Crippen molar-refractivity contribution >= 4 is 32.8 Å². The number of anilines is 1. The number of hydrogen-bond donors (Lipinski definition) is 1. The molecule has 1 amide bonds. The molecule has 1 N–H and O–H groups in total. The van der Waals surface area contributed by atoms with Crippen LogP contribution in [0.15, 0.2) is 24.3 Å². The molecule has 2 unspecified atom stereocenters. The number of aryl methyl sites for hydroxylation is 1. The molecule has 1 aliphatic heterocycles. The van der Waals surface area contributed by atoms with Crippen molar-refractivity contribution in [3.05, 3.63) is 34.2 Å². The number of nitriles is 1. The van der Waals surface area contributed by atoms with Crippen LogP contribution in [0.25, 0.3) is 11.3 Å². The average Bonchev–Trinajstić information content (AvgIpc) is 3.50. The van der Waals surface area contributed by atoms with Crippen molar-refractivity contribution in [2.24, 2.45) is 5.92 Å². The SMILES string of the molecule is Cc1nc(-c2ccc(N3CCS(=O)(=O)CC3)cc2)c(C2CCCCC2C(=O)NC2(C#N)CC2)s1. The van der Waals surface area contributed by atoms with Crippen LogP contribution in [0.1, 0.15) is 54.3 Å². The van der Waals surface area contributed by atoms with Crippen molar-refractivity contribution in [1.29, 1.82) is 5.26 Å². The Morgan fingerprint density at radius 3 is 2.50 bits per heavy atom. The molecule has 0 spiro atoms. The van der Waals surface area contributed by atoms with Crippen molar-refractivity contribution in [3.8, 4) is 17.3 Å². The van der Waals surface area contributed by atoms with Crippen LogP contribution in [0, 0.1) is 24.2 Å². The first-order valence-electron chi connectivity index (χ1n) is 12.1. The van der Waals surface area contributed by atoms with Crippen LogP contribution in [0.2, 0.25) is 0 Å². The zero-order valence-corrected chi connectivity index (χ0v) is 21.1. The number of sulfone groups is 1. The number of rotatable bonds is 5. The fourth-order valence-electron chi connectivity index (χ4n) is 5.18. The highest BCUT2D eigenvalue weighted by atomic mass is 32.2. The van der Waals surface area contributed by atoms with Gasteiger partial charge in [0, 0.05) is 41.1 Å². The number of carbonyl (C=O) groups is 1. The average molecular weight is 499 g/mol. The molecular weight excluding hydrogens is 468 g/mol. The molecule has 3 fully saturated rings. The Hall–Kier alpha value is -2.44. The number of nitrogens with one attached hydrogen (secondary N) is 1. The molecule has 2 aromatic rings. The van der Waals surface area contributed by atoms with Crippen molar-refractivity contribution in [2.45, 2.75) is 56.9 Å². The van der Waals surface area contributed by atoms with E-state index in [1.807, 2.05) is 19.1 Å². The molecule has 3 aliphatic rings. The topological polar surface area (TPSA) is 103 Å².